The molecule has 0 heterocycles. The van der Waals surface area contributed by atoms with Crippen LogP contribution in [0.5, 0.6) is 5.75 Å². The van der Waals surface area contributed by atoms with Gasteiger partial charge in [-0.2, -0.15) is 5.26 Å². The smallest absolute Gasteiger partial charge is 0.269 e. The van der Waals surface area contributed by atoms with E-state index in [1.807, 2.05) is 6.07 Å². The molecule has 0 saturated carbocycles. The molecular formula is C19H18N4O5. The highest BCUT2D eigenvalue weighted by Gasteiger charge is 2.09. The zero-order valence-corrected chi connectivity index (χ0v) is 15.0. The van der Waals surface area contributed by atoms with Gasteiger partial charge in [-0.05, 0) is 48.5 Å². The fraction of sp³-hybridized carbons (Fsp3) is 0.158. The first-order valence-corrected chi connectivity index (χ1v) is 8.13. The number of hydrazine groups is 1. The predicted molar refractivity (Wildman–Crippen MR) is 99.2 cm³/mol. The van der Waals surface area contributed by atoms with Gasteiger partial charge in [0.2, 0.25) is 5.91 Å². The number of hydrogen-bond acceptors (Lipinski definition) is 6. The number of benzene rings is 2. The van der Waals surface area contributed by atoms with Crippen molar-refractivity contribution in [3.8, 4) is 11.8 Å². The van der Waals surface area contributed by atoms with Crippen molar-refractivity contribution in [1.82, 2.24) is 10.9 Å². The number of nitrogens with zero attached hydrogens (tertiary/aromatic N) is 1. The van der Waals surface area contributed by atoms with Gasteiger partial charge >= 0.3 is 0 Å². The molecule has 3 amide bonds. The molecule has 0 radical (unpaired) electrons. The molecule has 0 aliphatic heterocycles. The van der Waals surface area contributed by atoms with Gasteiger partial charge in [-0.3, -0.25) is 25.2 Å². The van der Waals surface area contributed by atoms with Crippen molar-refractivity contribution in [2.24, 2.45) is 0 Å². The minimum Gasteiger partial charge on any atom is -0.497 e. The van der Waals surface area contributed by atoms with Crippen LogP contribution in [0.25, 0.3) is 0 Å². The molecule has 0 aliphatic rings. The minimum atomic E-state index is -0.618. The third-order valence-electron chi connectivity index (χ3n) is 3.43. The molecule has 0 spiro atoms. The summed E-state index contributed by atoms with van der Waals surface area (Å²) in [6.45, 7) is -0.760. The number of nitrogens with one attached hydrogen (secondary N) is 3. The highest BCUT2D eigenvalue weighted by atomic mass is 16.5. The second kappa shape index (κ2) is 10.3. The maximum atomic E-state index is 11.9. The zero-order chi connectivity index (χ0) is 20.4. The van der Waals surface area contributed by atoms with E-state index in [1.165, 1.54) is 7.11 Å². The largest absolute Gasteiger partial charge is 0.497 e. The lowest BCUT2D eigenvalue weighted by Crippen LogP contribution is -2.43. The van der Waals surface area contributed by atoms with E-state index < -0.39 is 24.3 Å². The first kappa shape index (κ1) is 20.4. The molecule has 0 atom stereocenters. The van der Waals surface area contributed by atoms with Crippen molar-refractivity contribution in [1.29, 1.82) is 5.26 Å². The van der Waals surface area contributed by atoms with Gasteiger partial charge in [-0.15, -0.1) is 0 Å². The summed E-state index contributed by atoms with van der Waals surface area (Å²) in [5.74, 6) is -0.976. The zero-order valence-electron chi connectivity index (χ0n) is 15.0. The predicted octanol–water partition coefficient (Wildman–Crippen LogP) is 0.983. The number of carbonyl (C=O) groups is 3. The second-order valence-electron chi connectivity index (χ2n) is 5.46. The number of nitriles is 1. The Labute approximate surface area is 161 Å². The van der Waals surface area contributed by atoms with Crippen molar-refractivity contribution >= 4 is 23.4 Å². The lowest BCUT2D eigenvalue weighted by molar-refractivity contribution is -0.129. The standard InChI is InChI=1S/C19H18N4O5/c1-27-16-8-4-14(5-9-16)19(26)23-22-18(25)12-28-11-17(24)21-15-6-2-13(10-20)3-7-15/h2-9H,11-12H2,1H3,(H,21,24)(H,22,25)(H,23,26). The highest BCUT2D eigenvalue weighted by molar-refractivity contribution is 5.95. The van der Waals surface area contributed by atoms with Crippen molar-refractivity contribution in [2.45, 2.75) is 0 Å². The number of amides is 3. The SMILES string of the molecule is COc1ccc(C(=O)NNC(=O)COCC(=O)Nc2ccc(C#N)cc2)cc1. The number of hydrogen-bond donors (Lipinski definition) is 3. The molecule has 9 heteroatoms. The molecule has 0 aliphatic carbocycles. The van der Waals surface area contributed by atoms with Gasteiger partial charge < -0.3 is 14.8 Å². The number of methoxy groups -OCH3 is 1. The van der Waals surface area contributed by atoms with Crippen LogP contribution in [0.1, 0.15) is 15.9 Å². The van der Waals surface area contributed by atoms with Crippen molar-refractivity contribution in [3.05, 3.63) is 59.7 Å². The summed E-state index contributed by atoms with van der Waals surface area (Å²) in [6.07, 6.45) is 0. The van der Waals surface area contributed by atoms with Crippen LogP contribution in [-0.4, -0.2) is 38.0 Å². The van der Waals surface area contributed by atoms with Crippen LogP contribution in [0.4, 0.5) is 5.69 Å². The molecule has 2 aromatic rings. The summed E-state index contributed by atoms with van der Waals surface area (Å²) in [5, 5.41) is 11.3. The molecule has 0 bridgehead atoms. The van der Waals surface area contributed by atoms with Gasteiger partial charge in [-0.25, -0.2) is 0 Å². The minimum absolute atomic E-state index is 0.337. The van der Waals surface area contributed by atoms with Crippen LogP contribution < -0.4 is 20.9 Å². The van der Waals surface area contributed by atoms with Gasteiger partial charge in [0.1, 0.15) is 19.0 Å². The molecule has 2 rings (SSSR count). The molecule has 144 valence electrons. The molecule has 0 aromatic heterocycles. The fourth-order valence-electron chi connectivity index (χ4n) is 2.04. The van der Waals surface area contributed by atoms with Gasteiger partial charge in [0.25, 0.3) is 11.8 Å². The van der Waals surface area contributed by atoms with E-state index in [-0.39, 0.29) is 6.61 Å². The van der Waals surface area contributed by atoms with E-state index in [9.17, 15) is 14.4 Å². The normalized spacial score (nSPS) is 9.71. The average Bonchev–Trinajstić information content (AvgIpc) is 2.72. The van der Waals surface area contributed by atoms with Gasteiger partial charge in [0.05, 0.1) is 18.7 Å². The van der Waals surface area contributed by atoms with Gasteiger partial charge in [0.15, 0.2) is 0 Å². The van der Waals surface area contributed by atoms with Crippen LogP contribution >= 0.6 is 0 Å². The van der Waals surface area contributed by atoms with Gasteiger partial charge in [0, 0.05) is 11.3 Å². The second-order valence-corrected chi connectivity index (χ2v) is 5.46. The lowest BCUT2D eigenvalue weighted by atomic mass is 10.2. The first-order valence-electron chi connectivity index (χ1n) is 8.13. The Morgan fingerprint density at radius 1 is 0.929 bits per heavy atom. The molecule has 0 unspecified atom stereocenters. The summed E-state index contributed by atoms with van der Waals surface area (Å²) in [7, 11) is 1.51. The Bertz CT molecular complexity index is 873. The Hall–Kier alpha value is -3.90. The van der Waals surface area contributed by atoms with E-state index in [4.69, 9.17) is 14.7 Å². The topological polar surface area (TPSA) is 130 Å². The maximum Gasteiger partial charge on any atom is 0.269 e. The molecule has 0 saturated heterocycles. The molecule has 0 fully saturated rings. The fourth-order valence-corrected chi connectivity index (χ4v) is 2.04. The van der Waals surface area contributed by atoms with Crippen LogP contribution in [0.15, 0.2) is 48.5 Å². The van der Waals surface area contributed by atoms with Crippen LogP contribution in [0, 0.1) is 11.3 Å². The highest BCUT2D eigenvalue weighted by Crippen LogP contribution is 2.11. The van der Waals surface area contributed by atoms with E-state index in [0.717, 1.165) is 0 Å². The van der Waals surface area contributed by atoms with Crippen LogP contribution in [-0.2, 0) is 14.3 Å². The Morgan fingerprint density at radius 2 is 1.57 bits per heavy atom. The molecule has 2 aromatic carbocycles. The molecule has 3 N–H and O–H groups in total. The number of anilines is 1. The van der Waals surface area contributed by atoms with Crippen molar-refractivity contribution in [3.63, 3.8) is 0 Å². The quantitative estimate of drug-likeness (QED) is 0.612. The van der Waals surface area contributed by atoms with Gasteiger partial charge in [-0.1, -0.05) is 0 Å². The summed E-state index contributed by atoms with van der Waals surface area (Å²) < 4.78 is 9.99. The Balaban J connectivity index is 1.66. The lowest BCUT2D eigenvalue weighted by Gasteiger charge is -2.09. The number of ether oxygens (including phenoxy) is 2. The third-order valence-corrected chi connectivity index (χ3v) is 3.43. The first-order chi connectivity index (χ1) is 13.5. The summed E-state index contributed by atoms with van der Waals surface area (Å²) in [6, 6.07) is 14.6. The maximum absolute atomic E-state index is 11.9. The Morgan fingerprint density at radius 3 is 2.18 bits per heavy atom. The molecular weight excluding hydrogens is 364 g/mol. The third kappa shape index (κ3) is 6.44. The number of rotatable bonds is 7. The van der Waals surface area contributed by atoms with Crippen molar-refractivity contribution < 1.29 is 23.9 Å². The monoisotopic (exact) mass is 382 g/mol. The van der Waals surface area contributed by atoms with Crippen molar-refractivity contribution in [2.75, 3.05) is 25.6 Å². The van der Waals surface area contributed by atoms with Crippen LogP contribution in [0.3, 0.4) is 0 Å². The summed E-state index contributed by atoms with van der Waals surface area (Å²) in [5.41, 5.74) is 5.74. The van der Waals surface area contributed by atoms with E-state index in [2.05, 4.69) is 16.2 Å². The summed E-state index contributed by atoms with van der Waals surface area (Å²) >= 11 is 0. The van der Waals surface area contributed by atoms with E-state index in [1.54, 1.807) is 48.5 Å². The van der Waals surface area contributed by atoms with E-state index >= 15 is 0 Å². The molecule has 9 nitrogen and oxygen atoms in total. The van der Waals surface area contributed by atoms with Crippen LogP contribution in [0.2, 0.25) is 0 Å². The van der Waals surface area contributed by atoms with E-state index in [0.29, 0.717) is 22.6 Å². The summed E-state index contributed by atoms with van der Waals surface area (Å²) in [4.78, 5) is 35.3. The molecule has 28 heavy (non-hydrogen) atoms. The Kier molecular flexibility index (Phi) is 7.51. The average molecular weight is 382 g/mol. The number of carbonyl (C=O) groups excluding carboxylic acids is 3.